The molecule has 1 saturated carbocycles. The van der Waals surface area contributed by atoms with Crippen molar-refractivity contribution >= 4 is 17.7 Å². The van der Waals surface area contributed by atoms with Crippen molar-refractivity contribution < 1.29 is 9.90 Å². The van der Waals surface area contributed by atoms with E-state index in [-0.39, 0.29) is 16.9 Å². The van der Waals surface area contributed by atoms with E-state index in [1.807, 2.05) is 6.92 Å². The predicted molar refractivity (Wildman–Crippen MR) is 68.5 cm³/mol. The lowest BCUT2D eigenvalue weighted by molar-refractivity contribution is -0.119. The van der Waals surface area contributed by atoms with Gasteiger partial charge in [0.25, 0.3) is 0 Å². The van der Waals surface area contributed by atoms with Gasteiger partial charge in [-0.25, -0.2) is 0 Å². The maximum Gasteiger partial charge on any atom is 0.231 e. The van der Waals surface area contributed by atoms with Crippen LogP contribution in [-0.2, 0) is 4.79 Å². The number of nitrogens with zero attached hydrogens (tertiary/aromatic N) is 1. The third kappa shape index (κ3) is 4.21. The van der Waals surface area contributed by atoms with Crippen molar-refractivity contribution in [1.29, 1.82) is 5.26 Å². The Bertz CT molecular complexity index is 323. The van der Waals surface area contributed by atoms with E-state index in [2.05, 4.69) is 11.4 Å². The highest BCUT2D eigenvalue weighted by molar-refractivity contribution is 8.00. The molecule has 5 heteroatoms. The molecule has 17 heavy (non-hydrogen) atoms. The van der Waals surface area contributed by atoms with Crippen LogP contribution in [0.3, 0.4) is 0 Å². The number of nitriles is 1. The summed E-state index contributed by atoms with van der Waals surface area (Å²) in [6.07, 6.45) is 1.60. The van der Waals surface area contributed by atoms with Crippen molar-refractivity contribution in [3.05, 3.63) is 0 Å². The number of hydrogen-bond acceptors (Lipinski definition) is 4. The third-order valence-electron chi connectivity index (χ3n) is 3.18. The summed E-state index contributed by atoms with van der Waals surface area (Å²) < 4.78 is 0. The van der Waals surface area contributed by atoms with Crippen molar-refractivity contribution in [2.24, 2.45) is 5.92 Å². The molecule has 1 amide bonds. The van der Waals surface area contributed by atoms with Gasteiger partial charge in [0, 0.05) is 5.25 Å². The molecule has 0 aliphatic heterocycles. The number of carbonyl (C=O) groups is 1. The van der Waals surface area contributed by atoms with E-state index in [1.165, 1.54) is 11.8 Å². The Balaban J connectivity index is 2.36. The molecule has 1 aliphatic rings. The maximum atomic E-state index is 11.7. The number of thioether (sulfide) groups is 1. The Kier molecular flexibility index (Phi) is 4.84. The lowest BCUT2D eigenvalue weighted by Crippen LogP contribution is -2.47. The van der Waals surface area contributed by atoms with Crippen molar-refractivity contribution in [1.82, 2.24) is 5.32 Å². The molecule has 3 atom stereocenters. The van der Waals surface area contributed by atoms with E-state index in [0.29, 0.717) is 5.92 Å². The fourth-order valence-electron chi connectivity index (χ4n) is 1.55. The van der Waals surface area contributed by atoms with E-state index < -0.39 is 11.6 Å². The van der Waals surface area contributed by atoms with Gasteiger partial charge in [0.05, 0.1) is 17.9 Å². The molecular weight excluding hydrogens is 236 g/mol. The molecule has 1 rings (SSSR count). The standard InChI is InChI=1S/C12H20N2O2S/c1-8(15)9(2)17-6-11(16)14-12(3,7-13)10-4-5-10/h8-10,15H,4-6H2,1-3H3,(H,14,16)/t8-,9-,12-/m0/s1. The molecule has 0 bridgehead atoms. The Labute approximate surface area is 107 Å². The average Bonchev–Trinajstić information content (AvgIpc) is 3.09. The molecule has 0 aromatic carbocycles. The maximum absolute atomic E-state index is 11.7. The van der Waals surface area contributed by atoms with E-state index in [4.69, 9.17) is 5.26 Å². The van der Waals surface area contributed by atoms with Crippen LogP contribution in [0.4, 0.5) is 0 Å². The van der Waals surface area contributed by atoms with Crippen LogP contribution in [0.25, 0.3) is 0 Å². The molecule has 0 heterocycles. The molecule has 0 spiro atoms. The Morgan fingerprint density at radius 3 is 2.65 bits per heavy atom. The number of amides is 1. The van der Waals surface area contributed by atoms with Gasteiger partial charge in [-0.15, -0.1) is 11.8 Å². The lowest BCUT2D eigenvalue weighted by Gasteiger charge is -2.23. The van der Waals surface area contributed by atoms with Gasteiger partial charge in [0.2, 0.25) is 5.91 Å². The minimum atomic E-state index is -0.717. The van der Waals surface area contributed by atoms with Crippen LogP contribution in [0.15, 0.2) is 0 Å². The molecule has 0 unspecified atom stereocenters. The fraction of sp³-hybridized carbons (Fsp3) is 0.833. The molecule has 0 saturated heterocycles. The molecule has 0 aromatic heterocycles. The first kappa shape index (κ1) is 14.3. The Hall–Kier alpha value is -0.730. The zero-order chi connectivity index (χ0) is 13.1. The summed E-state index contributed by atoms with van der Waals surface area (Å²) in [6.45, 7) is 5.37. The summed E-state index contributed by atoms with van der Waals surface area (Å²) in [5.74, 6) is 0.463. The normalized spacial score (nSPS) is 22.1. The Morgan fingerprint density at radius 2 is 2.24 bits per heavy atom. The minimum absolute atomic E-state index is 0.0232. The van der Waals surface area contributed by atoms with E-state index in [9.17, 15) is 9.90 Å². The van der Waals surface area contributed by atoms with Crippen LogP contribution in [-0.4, -0.2) is 33.7 Å². The zero-order valence-electron chi connectivity index (χ0n) is 10.6. The summed E-state index contributed by atoms with van der Waals surface area (Å²) in [4.78, 5) is 11.7. The summed E-state index contributed by atoms with van der Waals surface area (Å²) in [6, 6.07) is 2.19. The van der Waals surface area contributed by atoms with Crippen LogP contribution in [0, 0.1) is 17.2 Å². The molecule has 1 fully saturated rings. The van der Waals surface area contributed by atoms with Crippen molar-refractivity contribution in [2.45, 2.75) is 50.5 Å². The monoisotopic (exact) mass is 256 g/mol. The van der Waals surface area contributed by atoms with E-state index in [1.54, 1.807) is 13.8 Å². The summed E-state index contributed by atoms with van der Waals surface area (Å²) >= 11 is 1.40. The van der Waals surface area contributed by atoms with Crippen LogP contribution in [0.2, 0.25) is 0 Å². The highest BCUT2D eigenvalue weighted by atomic mass is 32.2. The number of aliphatic hydroxyl groups excluding tert-OH is 1. The van der Waals surface area contributed by atoms with Crippen LogP contribution in [0.1, 0.15) is 33.6 Å². The molecule has 0 aromatic rings. The summed E-state index contributed by atoms with van der Waals surface area (Å²) in [5.41, 5.74) is -0.717. The first-order valence-electron chi connectivity index (χ1n) is 5.91. The van der Waals surface area contributed by atoms with Gasteiger partial charge in [-0.3, -0.25) is 4.79 Å². The lowest BCUT2D eigenvalue weighted by atomic mass is 9.98. The quantitative estimate of drug-likeness (QED) is 0.751. The van der Waals surface area contributed by atoms with Gasteiger partial charge >= 0.3 is 0 Å². The first-order chi connectivity index (χ1) is 7.89. The smallest absolute Gasteiger partial charge is 0.231 e. The second kappa shape index (κ2) is 5.74. The highest BCUT2D eigenvalue weighted by Gasteiger charge is 2.42. The molecule has 0 radical (unpaired) electrons. The minimum Gasteiger partial charge on any atom is -0.392 e. The van der Waals surface area contributed by atoms with Gasteiger partial charge in [-0.2, -0.15) is 5.26 Å². The second-order valence-electron chi connectivity index (χ2n) is 4.89. The fourth-order valence-corrected chi connectivity index (χ4v) is 2.32. The van der Waals surface area contributed by atoms with Gasteiger partial charge in [-0.1, -0.05) is 6.92 Å². The SMILES string of the molecule is C[C@H](O)[C@H](C)SCC(=O)N[C@@](C)(C#N)C1CC1. The van der Waals surface area contributed by atoms with Gasteiger partial charge in [0.15, 0.2) is 0 Å². The molecule has 2 N–H and O–H groups in total. The van der Waals surface area contributed by atoms with Crippen molar-refractivity contribution in [3.63, 3.8) is 0 Å². The predicted octanol–water partition coefficient (Wildman–Crippen LogP) is 1.30. The van der Waals surface area contributed by atoms with E-state index >= 15 is 0 Å². The van der Waals surface area contributed by atoms with Crippen LogP contribution >= 0.6 is 11.8 Å². The van der Waals surface area contributed by atoms with Crippen LogP contribution in [0.5, 0.6) is 0 Å². The van der Waals surface area contributed by atoms with Crippen molar-refractivity contribution in [3.8, 4) is 6.07 Å². The van der Waals surface area contributed by atoms with Crippen LogP contribution < -0.4 is 5.32 Å². The number of hydrogen-bond donors (Lipinski definition) is 2. The zero-order valence-corrected chi connectivity index (χ0v) is 11.4. The third-order valence-corrected chi connectivity index (χ3v) is 4.53. The number of aliphatic hydroxyl groups is 1. The summed E-state index contributed by atoms with van der Waals surface area (Å²) in [7, 11) is 0. The number of carbonyl (C=O) groups excluding carboxylic acids is 1. The molecule has 96 valence electrons. The first-order valence-corrected chi connectivity index (χ1v) is 6.96. The van der Waals surface area contributed by atoms with E-state index in [0.717, 1.165) is 12.8 Å². The molecule has 1 aliphatic carbocycles. The summed E-state index contributed by atoms with van der Waals surface area (Å²) in [5, 5.41) is 21.2. The van der Waals surface area contributed by atoms with Gasteiger partial charge in [0.1, 0.15) is 5.54 Å². The number of nitrogens with one attached hydrogen (secondary N) is 1. The van der Waals surface area contributed by atoms with Gasteiger partial charge < -0.3 is 10.4 Å². The highest BCUT2D eigenvalue weighted by Crippen LogP contribution is 2.39. The topological polar surface area (TPSA) is 73.1 Å². The average molecular weight is 256 g/mol. The van der Waals surface area contributed by atoms with Crippen molar-refractivity contribution in [2.75, 3.05) is 5.75 Å². The Morgan fingerprint density at radius 1 is 1.65 bits per heavy atom. The molecular formula is C12H20N2O2S. The number of rotatable bonds is 6. The molecule has 4 nitrogen and oxygen atoms in total. The van der Waals surface area contributed by atoms with Gasteiger partial charge in [-0.05, 0) is 32.6 Å². The second-order valence-corrected chi connectivity index (χ2v) is 6.26. The largest absolute Gasteiger partial charge is 0.392 e.